The maximum atomic E-state index is 13.5. The van der Waals surface area contributed by atoms with Gasteiger partial charge < -0.3 is 9.64 Å². The van der Waals surface area contributed by atoms with Gasteiger partial charge in [-0.15, -0.1) is 11.3 Å². The Hall–Kier alpha value is -3.15. The van der Waals surface area contributed by atoms with Crippen molar-refractivity contribution in [2.24, 2.45) is 12.0 Å². The highest BCUT2D eigenvalue weighted by atomic mass is 32.2. The van der Waals surface area contributed by atoms with Crippen LogP contribution in [0.25, 0.3) is 20.8 Å². The molecule has 0 radical (unpaired) electrons. The number of carbonyl (C=O) groups excluding carboxylic acids is 1. The third-order valence-corrected chi connectivity index (χ3v) is 9.56. The molecule has 2 aliphatic rings. The van der Waals surface area contributed by atoms with Crippen LogP contribution in [-0.4, -0.2) is 46.1 Å². The minimum Gasteiger partial charge on any atom is -0.497 e. The molecule has 36 heavy (non-hydrogen) atoms. The Kier molecular flexibility index (Phi) is 6.62. The first kappa shape index (κ1) is 24.5. The third-order valence-electron chi connectivity index (χ3n) is 6.07. The van der Waals surface area contributed by atoms with Gasteiger partial charge in [0, 0.05) is 32.4 Å². The van der Waals surface area contributed by atoms with E-state index in [0.717, 1.165) is 26.8 Å². The number of thiazole rings is 2. The van der Waals surface area contributed by atoms with E-state index in [2.05, 4.69) is 0 Å². The highest BCUT2D eigenvalue weighted by molar-refractivity contribution is 8.23. The van der Waals surface area contributed by atoms with Crippen LogP contribution in [-0.2, 0) is 18.4 Å². The summed E-state index contributed by atoms with van der Waals surface area (Å²) in [6.07, 6.45) is 7.68. The molecule has 0 saturated carbocycles. The molecule has 1 saturated heterocycles. The summed E-state index contributed by atoms with van der Waals surface area (Å²) in [6.45, 7) is 4.82. The maximum absolute atomic E-state index is 13.5. The first-order valence-corrected chi connectivity index (χ1v) is 13.9. The normalized spacial score (nSPS) is 19.9. The van der Waals surface area contributed by atoms with Gasteiger partial charge in [0.1, 0.15) is 25.4 Å². The van der Waals surface area contributed by atoms with E-state index < -0.39 is 0 Å². The first-order valence-electron chi connectivity index (χ1n) is 11.5. The fourth-order valence-electron chi connectivity index (χ4n) is 4.11. The largest absolute Gasteiger partial charge is 0.497 e. The van der Waals surface area contributed by atoms with Crippen LogP contribution in [0.3, 0.4) is 0 Å². The number of aromatic nitrogens is 2. The summed E-state index contributed by atoms with van der Waals surface area (Å²) < 4.78 is 11.4. The molecule has 0 unspecified atom stereocenters. The molecule has 0 atom stereocenters. The van der Waals surface area contributed by atoms with Gasteiger partial charge in [0.25, 0.3) is 16.6 Å². The number of benzene rings is 1. The number of amidine groups is 1. The number of ether oxygens (including phenoxy) is 1. The van der Waals surface area contributed by atoms with Crippen LogP contribution in [0.15, 0.2) is 52.4 Å². The zero-order valence-electron chi connectivity index (χ0n) is 20.6. The van der Waals surface area contributed by atoms with E-state index in [4.69, 9.17) is 9.73 Å². The summed E-state index contributed by atoms with van der Waals surface area (Å²) in [5.74, 6) is 0.664. The molecule has 11 heteroatoms. The van der Waals surface area contributed by atoms with Crippen molar-refractivity contribution in [3.63, 3.8) is 0 Å². The van der Waals surface area contributed by atoms with Crippen molar-refractivity contribution in [2.75, 3.05) is 20.7 Å². The van der Waals surface area contributed by atoms with Gasteiger partial charge in [-0.2, -0.15) is 0 Å². The van der Waals surface area contributed by atoms with Crippen molar-refractivity contribution >= 4 is 71.5 Å². The SMILES string of the molecule is CCN1C(=O)/C(=c2/s/c(=C3/C=CC=CN3C)c(=O)n2CC)S/C1=N/c1sc2cc(OC)ccc2[n+]1C. The second kappa shape index (κ2) is 9.72. The highest BCUT2D eigenvalue weighted by Gasteiger charge is 2.38. The molecular formula is C25H26N5O3S3+. The van der Waals surface area contributed by atoms with Gasteiger partial charge in [0.15, 0.2) is 0 Å². The molecule has 1 aromatic carbocycles. The Labute approximate surface area is 220 Å². The van der Waals surface area contributed by atoms with Crippen LogP contribution in [0.2, 0.25) is 0 Å². The Morgan fingerprint density at radius 2 is 1.92 bits per heavy atom. The summed E-state index contributed by atoms with van der Waals surface area (Å²) in [6, 6.07) is 5.92. The van der Waals surface area contributed by atoms with Crippen molar-refractivity contribution in [3.8, 4) is 5.75 Å². The fourth-order valence-corrected chi connectivity index (χ4v) is 7.71. The lowest BCUT2D eigenvalue weighted by atomic mass is 10.3. The zero-order valence-corrected chi connectivity index (χ0v) is 23.1. The van der Waals surface area contributed by atoms with E-state index in [1.165, 1.54) is 23.1 Å². The Balaban J connectivity index is 1.67. The predicted molar refractivity (Wildman–Crippen MR) is 148 cm³/mol. The van der Waals surface area contributed by atoms with Gasteiger partial charge in [0.05, 0.1) is 24.6 Å². The summed E-state index contributed by atoms with van der Waals surface area (Å²) in [4.78, 5) is 35.9. The molecule has 0 N–H and O–H groups in total. The molecule has 1 fully saturated rings. The van der Waals surface area contributed by atoms with Crippen LogP contribution in [0.4, 0.5) is 5.13 Å². The average Bonchev–Trinajstić information content (AvgIpc) is 3.49. The van der Waals surface area contributed by atoms with Crippen LogP contribution >= 0.6 is 34.4 Å². The van der Waals surface area contributed by atoms with E-state index in [1.807, 2.05) is 80.0 Å². The number of fused-ring (bicyclic) bond motifs is 1. The number of hydrogen-bond donors (Lipinski definition) is 0. The third kappa shape index (κ3) is 4.00. The van der Waals surface area contributed by atoms with E-state index in [-0.39, 0.29) is 11.5 Å². The molecule has 2 aliphatic heterocycles. The number of methoxy groups -OCH3 is 1. The summed E-state index contributed by atoms with van der Waals surface area (Å²) >= 11 is 4.24. The Morgan fingerprint density at radius 1 is 1.11 bits per heavy atom. The number of aliphatic imine (C=N–C) groups is 1. The van der Waals surface area contributed by atoms with Crippen molar-refractivity contribution in [2.45, 2.75) is 20.4 Å². The average molecular weight is 541 g/mol. The number of rotatable bonds is 4. The molecule has 186 valence electrons. The molecule has 5 rings (SSSR count). The van der Waals surface area contributed by atoms with Gasteiger partial charge in [-0.3, -0.25) is 19.1 Å². The second-order valence-electron chi connectivity index (χ2n) is 8.13. The Morgan fingerprint density at radius 3 is 2.61 bits per heavy atom. The highest BCUT2D eigenvalue weighted by Crippen LogP contribution is 2.35. The number of allylic oxidation sites excluding steroid dienone is 2. The molecule has 0 bridgehead atoms. The van der Waals surface area contributed by atoms with Crippen molar-refractivity contribution in [1.29, 1.82) is 0 Å². The monoisotopic (exact) mass is 540 g/mol. The number of likely N-dealkylation sites (N-methyl/N-ethyl adjacent to an activating group) is 1. The van der Waals surface area contributed by atoms with E-state index in [0.29, 0.717) is 32.4 Å². The van der Waals surface area contributed by atoms with Crippen molar-refractivity contribution in [3.05, 3.63) is 62.2 Å². The summed E-state index contributed by atoms with van der Waals surface area (Å²) in [5.41, 5.74) is 1.78. The minimum absolute atomic E-state index is 0.0847. The van der Waals surface area contributed by atoms with Gasteiger partial charge in [0.2, 0.25) is 0 Å². The summed E-state index contributed by atoms with van der Waals surface area (Å²) in [5, 5.41) is 1.39. The molecule has 4 heterocycles. The van der Waals surface area contributed by atoms with Gasteiger partial charge >= 0.3 is 5.13 Å². The maximum Gasteiger partial charge on any atom is 0.385 e. The Bertz CT molecular complexity index is 1660. The molecule has 3 aromatic rings. The lowest BCUT2D eigenvalue weighted by molar-refractivity contribution is -0.627. The first-order chi connectivity index (χ1) is 17.4. The molecule has 0 spiro atoms. The molecule has 1 amide bonds. The van der Waals surface area contributed by atoms with Crippen LogP contribution < -0.4 is 24.1 Å². The van der Waals surface area contributed by atoms with Crippen molar-refractivity contribution in [1.82, 2.24) is 14.4 Å². The lowest BCUT2D eigenvalue weighted by Crippen LogP contribution is -2.35. The molecule has 0 aliphatic carbocycles. The van der Waals surface area contributed by atoms with E-state index >= 15 is 0 Å². The predicted octanol–water partition coefficient (Wildman–Crippen LogP) is 2.49. The van der Waals surface area contributed by atoms with Gasteiger partial charge in [-0.25, -0.2) is 4.57 Å². The summed E-state index contributed by atoms with van der Waals surface area (Å²) in [7, 11) is 5.53. The van der Waals surface area contributed by atoms with Gasteiger partial charge in [-0.05, 0) is 66.2 Å². The van der Waals surface area contributed by atoms with Crippen LogP contribution in [0.5, 0.6) is 5.75 Å². The smallest absolute Gasteiger partial charge is 0.385 e. The second-order valence-corrected chi connectivity index (χ2v) is 11.1. The minimum atomic E-state index is -0.126. The van der Waals surface area contributed by atoms with Crippen LogP contribution in [0.1, 0.15) is 13.8 Å². The molecule has 8 nitrogen and oxygen atoms in total. The molecular weight excluding hydrogens is 515 g/mol. The molecule has 2 aromatic heterocycles. The standard InChI is InChI=1S/C25H26N5O3S3/c1-6-29-21(31)19(17-10-8-9-13-27(17)3)35-23(29)20-22(32)30(7-2)25(36-20)26-24-28(4)16-12-11-15(33-5)14-18(16)34-24/h8-14H,6-7H2,1-5H3/q+1/b19-17-,23-20-. The van der Waals surface area contributed by atoms with E-state index in [9.17, 15) is 9.59 Å². The topological polar surface area (TPSA) is 71.0 Å². The fraction of sp³-hybridized carbons (Fsp3) is 0.280. The van der Waals surface area contributed by atoms with Crippen molar-refractivity contribution < 1.29 is 14.1 Å². The number of amides is 1. The quantitative estimate of drug-likeness (QED) is 0.476. The number of hydrogen-bond acceptors (Lipinski definition) is 8. The van der Waals surface area contributed by atoms with E-state index in [1.54, 1.807) is 27.9 Å². The number of thioether (sulfide) groups is 1. The lowest BCUT2D eigenvalue weighted by Gasteiger charge is -2.16. The van der Waals surface area contributed by atoms with Gasteiger partial charge in [-0.1, -0.05) is 6.08 Å². The van der Waals surface area contributed by atoms with Crippen LogP contribution in [0, 0.1) is 0 Å². The number of carbonyl (C=O) groups is 1. The number of aryl methyl sites for hydroxylation is 1. The number of nitrogens with zero attached hydrogens (tertiary/aromatic N) is 5. The zero-order chi connectivity index (χ0) is 25.6.